The average Bonchev–Trinajstić information content (AvgIpc) is 1.71. The molecule has 2 aliphatic rings. The van der Waals surface area contributed by atoms with Crippen LogP contribution in [0.4, 0.5) is 15.3 Å². The molecular formula is C68H103N11O16. The maximum atomic E-state index is 14.8. The number of anilines is 1. The molecular weight excluding hydrogens is 1230 g/mol. The highest BCUT2D eigenvalue weighted by Gasteiger charge is 2.45. The number of carbonyl (C=O) groups is 12. The van der Waals surface area contributed by atoms with Gasteiger partial charge < -0.3 is 66.4 Å². The van der Waals surface area contributed by atoms with E-state index in [2.05, 4.69) is 31.9 Å². The number of nitrogens with two attached hydrogens (primary N) is 1. The van der Waals surface area contributed by atoms with E-state index in [1.165, 1.54) is 59.3 Å². The van der Waals surface area contributed by atoms with Crippen LogP contribution in [-0.4, -0.2) is 200 Å². The number of nitrogens with one attached hydrogen (secondary N) is 6. The van der Waals surface area contributed by atoms with Gasteiger partial charge in [-0.25, -0.2) is 14.4 Å². The van der Waals surface area contributed by atoms with E-state index < -0.39 is 119 Å². The van der Waals surface area contributed by atoms with Crippen LogP contribution in [0.25, 0.3) is 0 Å². The number of likely N-dealkylation sites (N-methyl/N-ethyl adjacent to an activating group) is 2. The van der Waals surface area contributed by atoms with E-state index in [9.17, 15) is 57.5 Å². The van der Waals surface area contributed by atoms with E-state index in [1.807, 2.05) is 44.2 Å². The number of urea groups is 1. The van der Waals surface area contributed by atoms with E-state index >= 15 is 0 Å². The molecule has 0 spiro atoms. The van der Waals surface area contributed by atoms with Crippen molar-refractivity contribution in [2.75, 3.05) is 60.4 Å². The number of nitrogens with zero attached hydrogens (tertiary/aromatic N) is 4. The number of hydrogen-bond donors (Lipinski definition) is 7. The fraction of sp³-hybridized carbons (Fsp3) is 0.618. The Morgan fingerprint density at radius 3 is 1.94 bits per heavy atom. The SMILES string of the molecule is CC[C@H](C)[C@@H]([C@@H](CC(=O)N1CCC[C@H]1[C@H](OC)[C@@H](C)C(=O)N[C@@H](Cc1ccccc1)C(=O)OC)OC)N(C)C(=O)[C@@H](NC(=O)C(C)(C)N(C)C(=O)OCc1ccc(NC(=O)[C@H](CCCNC(N)=O)NC(=O)[C@@H](NC(=O)CCCCCN2C(=O)C=CC2=O)C(C)C)cc1)C(C)C. The van der Waals surface area contributed by atoms with Gasteiger partial charge in [-0.2, -0.15) is 0 Å². The maximum absolute atomic E-state index is 14.8. The van der Waals surface area contributed by atoms with Gasteiger partial charge in [0.2, 0.25) is 41.4 Å². The minimum absolute atomic E-state index is 0.0796. The van der Waals surface area contributed by atoms with E-state index in [4.69, 9.17) is 24.7 Å². The lowest BCUT2D eigenvalue weighted by atomic mass is 9.89. The number of esters is 1. The summed E-state index contributed by atoms with van der Waals surface area (Å²) in [5.41, 5.74) is 5.35. The fourth-order valence-electron chi connectivity index (χ4n) is 11.6. The highest BCUT2D eigenvalue weighted by atomic mass is 16.6. The van der Waals surface area contributed by atoms with Gasteiger partial charge in [0.25, 0.3) is 11.8 Å². The Bertz CT molecular complexity index is 2960. The Labute approximate surface area is 558 Å². The Morgan fingerprint density at radius 2 is 1.36 bits per heavy atom. The van der Waals surface area contributed by atoms with Crippen molar-refractivity contribution < 1.29 is 76.5 Å². The first-order chi connectivity index (χ1) is 44.9. The van der Waals surface area contributed by atoms with Crippen LogP contribution < -0.4 is 37.6 Å². The number of unbranched alkanes of at least 4 members (excludes halogenated alkanes) is 2. The number of imide groups is 1. The fourth-order valence-corrected chi connectivity index (χ4v) is 11.6. The van der Waals surface area contributed by atoms with Gasteiger partial charge in [-0.05, 0) is 93.4 Å². The zero-order chi connectivity index (χ0) is 70.9. The van der Waals surface area contributed by atoms with E-state index in [0.29, 0.717) is 56.3 Å². The first-order valence-corrected chi connectivity index (χ1v) is 32.7. The predicted octanol–water partition coefficient (Wildman–Crippen LogP) is 4.49. The summed E-state index contributed by atoms with van der Waals surface area (Å²) in [6.45, 7) is 16.2. The summed E-state index contributed by atoms with van der Waals surface area (Å²) in [4.78, 5) is 165. The molecule has 95 heavy (non-hydrogen) atoms. The molecule has 4 rings (SSSR count). The highest BCUT2D eigenvalue weighted by Crippen LogP contribution is 2.30. The number of hydrogen-bond acceptors (Lipinski definition) is 16. The third-order valence-electron chi connectivity index (χ3n) is 17.9. The van der Waals surface area contributed by atoms with Crippen molar-refractivity contribution >= 4 is 76.9 Å². The minimum Gasteiger partial charge on any atom is -0.467 e. The Balaban J connectivity index is 1.37. The van der Waals surface area contributed by atoms with Crippen LogP contribution in [0, 0.1) is 23.7 Å². The van der Waals surface area contributed by atoms with Crippen LogP contribution in [0.15, 0.2) is 66.7 Å². The van der Waals surface area contributed by atoms with Gasteiger partial charge in [0.05, 0.1) is 43.7 Å². The molecule has 0 bridgehead atoms. The molecule has 27 heteroatoms. The third-order valence-corrected chi connectivity index (χ3v) is 17.9. The second-order valence-corrected chi connectivity index (χ2v) is 25.7. The van der Waals surface area contributed by atoms with E-state index in [0.717, 1.165) is 15.4 Å². The summed E-state index contributed by atoms with van der Waals surface area (Å²) in [6, 6.07) is 9.50. The second kappa shape index (κ2) is 38.2. The molecule has 1 saturated heterocycles. The van der Waals surface area contributed by atoms with Crippen molar-refractivity contribution in [3.8, 4) is 0 Å². The largest absolute Gasteiger partial charge is 0.467 e. The predicted molar refractivity (Wildman–Crippen MR) is 354 cm³/mol. The molecule has 2 heterocycles. The van der Waals surface area contributed by atoms with E-state index in [1.54, 1.807) is 70.8 Å². The van der Waals surface area contributed by atoms with Gasteiger partial charge in [0.1, 0.15) is 36.3 Å². The zero-order valence-corrected chi connectivity index (χ0v) is 57.8. The van der Waals surface area contributed by atoms with Crippen molar-refractivity contribution in [2.45, 2.75) is 194 Å². The highest BCUT2D eigenvalue weighted by molar-refractivity contribution is 6.12. The topological polar surface area (TPSA) is 353 Å². The van der Waals surface area contributed by atoms with Crippen molar-refractivity contribution in [1.82, 2.24) is 46.2 Å². The molecule has 27 nitrogen and oxygen atoms in total. The molecule has 0 aromatic heterocycles. The monoisotopic (exact) mass is 1330 g/mol. The maximum Gasteiger partial charge on any atom is 0.410 e. The van der Waals surface area contributed by atoms with Crippen molar-refractivity contribution in [3.05, 3.63) is 77.9 Å². The third kappa shape index (κ3) is 23.2. The lowest BCUT2D eigenvalue weighted by molar-refractivity contribution is -0.149. The lowest BCUT2D eigenvalue weighted by Gasteiger charge is -2.41. The summed E-state index contributed by atoms with van der Waals surface area (Å²) in [5.74, 6) is -6.55. The number of primary amides is 1. The minimum atomic E-state index is -1.56. The smallest absolute Gasteiger partial charge is 0.410 e. The van der Waals surface area contributed by atoms with Gasteiger partial charge in [0, 0.05) is 78.6 Å². The van der Waals surface area contributed by atoms with Crippen LogP contribution in [0.2, 0.25) is 0 Å². The van der Waals surface area contributed by atoms with Crippen LogP contribution >= 0.6 is 0 Å². The molecule has 0 unspecified atom stereocenters. The van der Waals surface area contributed by atoms with Crippen molar-refractivity contribution in [2.24, 2.45) is 29.4 Å². The van der Waals surface area contributed by atoms with Crippen LogP contribution in [-0.2, 0) is 79.9 Å². The molecule has 526 valence electrons. The Kier molecular flexibility index (Phi) is 31.7. The standard InChI is InChI=1S/C68H103N11O16/c1-15-43(6)58(51(92-12)39-55(83)78-37-23-27-50(78)59(93-13)44(7)60(84)73-49(64(88)94-14)38-45-24-18-16-19-25-45)76(10)63(87)57(42(4)5)75-65(89)68(8,9)77(11)67(91)95-40-46-29-31-47(32-30-46)71-61(85)48(26-22-35-70-66(69)90)72-62(86)56(41(2)3)74-52(80)28-20-17-21-36-79-53(81)33-34-54(79)82/h16,18-19,24-25,29-34,41-44,48-51,56-59H,15,17,20-23,26-28,35-40H2,1-14H3,(H,71,85)(H,72,86)(H,73,84)(H,74,80)(H,75,89)(H3,69,70,90)/t43-,44+,48-,49-,50-,51+,56-,57-,58-,59+/m0/s1. The summed E-state index contributed by atoms with van der Waals surface area (Å²) in [6.07, 6.45) is 3.82. The second-order valence-electron chi connectivity index (χ2n) is 25.7. The number of likely N-dealkylation sites (tertiary alicyclic amines) is 1. The molecule has 0 radical (unpaired) electrons. The van der Waals surface area contributed by atoms with Crippen LogP contribution in [0.5, 0.6) is 0 Å². The first-order valence-electron chi connectivity index (χ1n) is 32.7. The molecule has 2 aromatic rings. The molecule has 0 saturated carbocycles. The zero-order valence-electron chi connectivity index (χ0n) is 57.8. The number of amides is 12. The molecule has 8 N–H and O–H groups in total. The molecule has 12 amide bonds. The number of carbonyl (C=O) groups excluding carboxylic acids is 12. The quantitative estimate of drug-likeness (QED) is 0.0277. The van der Waals surface area contributed by atoms with Gasteiger partial charge in [-0.3, -0.25) is 53.0 Å². The number of ether oxygens (including phenoxy) is 4. The van der Waals surface area contributed by atoms with Crippen LogP contribution in [0.1, 0.15) is 138 Å². The molecule has 0 aliphatic carbocycles. The lowest BCUT2D eigenvalue weighted by Crippen LogP contribution is -2.62. The van der Waals surface area contributed by atoms with Gasteiger partial charge in [-0.15, -0.1) is 0 Å². The summed E-state index contributed by atoms with van der Waals surface area (Å²) >= 11 is 0. The number of rotatable bonds is 38. The molecule has 2 aliphatic heterocycles. The first kappa shape index (κ1) is 79.0. The van der Waals surface area contributed by atoms with E-state index in [-0.39, 0.29) is 81.4 Å². The number of methoxy groups -OCH3 is 3. The average molecular weight is 1330 g/mol. The Morgan fingerprint density at radius 1 is 0.726 bits per heavy atom. The molecule has 10 atom stereocenters. The molecule has 2 aromatic carbocycles. The Hall–Kier alpha value is -8.46. The summed E-state index contributed by atoms with van der Waals surface area (Å²) in [5, 5.41) is 16.5. The normalized spacial score (nSPS) is 16.7. The summed E-state index contributed by atoms with van der Waals surface area (Å²) in [7, 11) is 7.23. The van der Waals surface area contributed by atoms with Gasteiger partial charge >= 0.3 is 18.1 Å². The van der Waals surface area contributed by atoms with Gasteiger partial charge in [-0.1, -0.05) is 104 Å². The molecule has 1 fully saturated rings. The van der Waals surface area contributed by atoms with Crippen LogP contribution in [0.3, 0.4) is 0 Å². The summed E-state index contributed by atoms with van der Waals surface area (Å²) < 4.78 is 22.7. The van der Waals surface area contributed by atoms with Crippen molar-refractivity contribution in [3.63, 3.8) is 0 Å². The van der Waals surface area contributed by atoms with Crippen molar-refractivity contribution in [1.29, 1.82) is 0 Å². The number of benzene rings is 2. The van der Waals surface area contributed by atoms with Gasteiger partial charge in [0.15, 0.2) is 0 Å².